The molecule has 0 atom stereocenters. The topological polar surface area (TPSA) is 106 Å². The van der Waals surface area contributed by atoms with E-state index in [1.165, 1.54) is 12.1 Å². The highest BCUT2D eigenvalue weighted by molar-refractivity contribution is 5.92. The van der Waals surface area contributed by atoms with Crippen LogP contribution in [0.4, 0.5) is 5.69 Å². The lowest BCUT2D eigenvalue weighted by Gasteiger charge is -2.18. The second kappa shape index (κ2) is 6.87. The van der Waals surface area contributed by atoms with Gasteiger partial charge < -0.3 is 14.2 Å². The largest absolute Gasteiger partial charge is 0.461 e. The van der Waals surface area contributed by atoms with Gasteiger partial charge in [0, 0.05) is 29.3 Å². The van der Waals surface area contributed by atoms with Crippen molar-refractivity contribution < 1.29 is 23.9 Å². The smallest absolute Gasteiger partial charge is 0.359 e. The molecule has 0 N–H and O–H groups in total. The molecule has 5 rings (SSSR count). The van der Waals surface area contributed by atoms with Crippen molar-refractivity contribution in [3.63, 3.8) is 0 Å². The molecule has 1 aliphatic carbocycles. The molecule has 0 fully saturated rings. The van der Waals surface area contributed by atoms with Crippen molar-refractivity contribution in [3.8, 4) is 28.4 Å². The lowest BCUT2D eigenvalue weighted by molar-refractivity contribution is -0.384. The molecule has 2 heterocycles. The number of rotatable bonds is 4. The molecule has 30 heavy (non-hydrogen) atoms. The van der Waals surface area contributed by atoms with Crippen molar-refractivity contribution in [2.75, 3.05) is 13.4 Å². The van der Waals surface area contributed by atoms with Gasteiger partial charge in [-0.15, -0.1) is 0 Å². The van der Waals surface area contributed by atoms with Crippen LogP contribution in [0.3, 0.4) is 0 Å². The van der Waals surface area contributed by atoms with Crippen LogP contribution in [-0.4, -0.2) is 34.1 Å². The molecule has 0 saturated carbocycles. The number of hydrogen-bond donors (Lipinski definition) is 0. The number of nitro groups is 1. The number of non-ortho nitro benzene ring substituents is 1. The van der Waals surface area contributed by atoms with Crippen LogP contribution in [0.5, 0.6) is 11.5 Å². The summed E-state index contributed by atoms with van der Waals surface area (Å²) in [6, 6.07) is 10.1. The lowest BCUT2D eigenvalue weighted by atomic mass is 9.88. The SMILES string of the molecule is CCOC(=O)c1nn(-c2ccc3c(c2)OCO3)c2c1CCc1ccc([N+](=O)[O-])cc1-2. The highest BCUT2D eigenvalue weighted by atomic mass is 16.7. The first-order valence-electron chi connectivity index (χ1n) is 9.53. The number of benzene rings is 2. The van der Waals surface area contributed by atoms with Gasteiger partial charge in [0.25, 0.3) is 5.69 Å². The van der Waals surface area contributed by atoms with Crippen molar-refractivity contribution >= 4 is 11.7 Å². The van der Waals surface area contributed by atoms with Gasteiger partial charge in [0.2, 0.25) is 6.79 Å². The van der Waals surface area contributed by atoms with Gasteiger partial charge in [-0.1, -0.05) is 6.07 Å². The maximum absolute atomic E-state index is 12.6. The molecule has 0 radical (unpaired) electrons. The average Bonchev–Trinajstić information content (AvgIpc) is 3.37. The normalized spacial score (nSPS) is 13.5. The maximum Gasteiger partial charge on any atom is 0.359 e. The van der Waals surface area contributed by atoms with E-state index < -0.39 is 10.9 Å². The zero-order chi connectivity index (χ0) is 20.8. The van der Waals surface area contributed by atoms with Gasteiger partial charge in [-0.2, -0.15) is 5.10 Å². The van der Waals surface area contributed by atoms with E-state index in [1.54, 1.807) is 35.9 Å². The first-order valence-corrected chi connectivity index (χ1v) is 9.53. The summed E-state index contributed by atoms with van der Waals surface area (Å²) < 4.78 is 17.7. The Morgan fingerprint density at radius 3 is 2.83 bits per heavy atom. The zero-order valence-electron chi connectivity index (χ0n) is 16.1. The summed E-state index contributed by atoms with van der Waals surface area (Å²) in [5, 5.41) is 15.9. The number of carbonyl (C=O) groups is 1. The predicted octanol–water partition coefficient (Wildman–Crippen LogP) is 3.45. The van der Waals surface area contributed by atoms with Crippen molar-refractivity contribution in [2.24, 2.45) is 0 Å². The van der Waals surface area contributed by atoms with E-state index in [2.05, 4.69) is 5.10 Å². The number of nitro benzene ring substituents is 1. The van der Waals surface area contributed by atoms with E-state index in [0.29, 0.717) is 41.3 Å². The van der Waals surface area contributed by atoms with Gasteiger partial charge in [-0.3, -0.25) is 10.1 Å². The predicted molar refractivity (Wildman–Crippen MR) is 105 cm³/mol. The van der Waals surface area contributed by atoms with Gasteiger partial charge in [0.15, 0.2) is 17.2 Å². The fourth-order valence-electron chi connectivity index (χ4n) is 3.91. The second-order valence-corrected chi connectivity index (χ2v) is 6.94. The fourth-order valence-corrected chi connectivity index (χ4v) is 3.91. The summed E-state index contributed by atoms with van der Waals surface area (Å²) in [5.74, 6) is 0.688. The minimum absolute atomic E-state index is 0.0160. The summed E-state index contributed by atoms with van der Waals surface area (Å²) in [5.41, 5.74) is 3.89. The molecule has 2 aliphatic rings. The zero-order valence-corrected chi connectivity index (χ0v) is 16.1. The number of ether oxygens (including phenoxy) is 3. The Labute approximate surface area is 170 Å². The van der Waals surface area contributed by atoms with E-state index in [1.807, 2.05) is 0 Å². The number of nitrogens with zero attached hydrogens (tertiary/aromatic N) is 3. The van der Waals surface area contributed by atoms with Gasteiger partial charge in [0.05, 0.1) is 22.9 Å². The summed E-state index contributed by atoms with van der Waals surface area (Å²) in [6.45, 7) is 2.10. The summed E-state index contributed by atoms with van der Waals surface area (Å²) in [4.78, 5) is 23.5. The van der Waals surface area contributed by atoms with Crippen LogP contribution in [0.15, 0.2) is 36.4 Å². The first-order chi connectivity index (χ1) is 14.6. The maximum atomic E-state index is 12.6. The molecule has 2 aromatic carbocycles. The Balaban J connectivity index is 1.75. The summed E-state index contributed by atoms with van der Waals surface area (Å²) in [6.07, 6.45) is 1.23. The number of carbonyl (C=O) groups excluding carboxylic acids is 1. The highest BCUT2D eigenvalue weighted by Gasteiger charge is 2.31. The lowest BCUT2D eigenvalue weighted by Crippen LogP contribution is -2.11. The molecule has 1 aliphatic heterocycles. The molecule has 9 nitrogen and oxygen atoms in total. The van der Waals surface area contributed by atoms with Crippen LogP contribution < -0.4 is 9.47 Å². The van der Waals surface area contributed by atoms with Crippen molar-refractivity contribution in [3.05, 3.63) is 63.3 Å². The van der Waals surface area contributed by atoms with Crippen LogP contribution in [0.1, 0.15) is 28.5 Å². The van der Waals surface area contributed by atoms with Crippen molar-refractivity contribution in [1.82, 2.24) is 9.78 Å². The van der Waals surface area contributed by atoms with Crippen LogP contribution in [0.25, 0.3) is 16.9 Å². The summed E-state index contributed by atoms with van der Waals surface area (Å²) >= 11 is 0. The molecule has 3 aromatic rings. The molecule has 1 aromatic heterocycles. The van der Waals surface area contributed by atoms with Gasteiger partial charge in [0.1, 0.15) is 0 Å². The van der Waals surface area contributed by atoms with Gasteiger partial charge >= 0.3 is 5.97 Å². The Morgan fingerprint density at radius 1 is 1.20 bits per heavy atom. The van der Waals surface area contributed by atoms with E-state index >= 15 is 0 Å². The molecule has 152 valence electrons. The highest BCUT2D eigenvalue weighted by Crippen LogP contribution is 2.40. The Kier molecular flexibility index (Phi) is 4.16. The third-order valence-electron chi connectivity index (χ3n) is 5.26. The van der Waals surface area contributed by atoms with Gasteiger partial charge in [-0.25, -0.2) is 9.48 Å². The molecule has 0 amide bonds. The minimum atomic E-state index is -0.512. The van der Waals surface area contributed by atoms with Crippen LogP contribution in [0, 0.1) is 10.1 Å². The van der Waals surface area contributed by atoms with E-state index in [0.717, 1.165) is 11.1 Å². The number of esters is 1. The number of fused-ring (bicyclic) bond motifs is 4. The fraction of sp³-hybridized carbons (Fsp3) is 0.238. The number of hydrogen-bond acceptors (Lipinski definition) is 7. The third-order valence-corrected chi connectivity index (χ3v) is 5.26. The summed E-state index contributed by atoms with van der Waals surface area (Å²) in [7, 11) is 0. The molecule has 0 saturated heterocycles. The third kappa shape index (κ3) is 2.78. The van der Waals surface area contributed by atoms with E-state index in [-0.39, 0.29) is 24.8 Å². The van der Waals surface area contributed by atoms with E-state index in [4.69, 9.17) is 14.2 Å². The van der Waals surface area contributed by atoms with Crippen molar-refractivity contribution in [2.45, 2.75) is 19.8 Å². The standard InChI is InChI=1S/C21H17N3O6/c1-2-28-21(25)19-15-7-4-12-3-5-14(24(26)27)9-16(12)20(15)23(22-19)13-6-8-17-18(10-13)30-11-29-17/h3,5-6,8-10H,2,4,7,11H2,1H3. The average molecular weight is 407 g/mol. The Hall–Kier alpha value is -3.88. The first kappa shape index (κ1) is 18.2. The second-order valence-electron chi connectivity index (χ2n) is 6.94. The molecular formula is C21H17N3O6. The van der Waals surface area contributed by atoms with Crippen LogP contribution >= 0.6 is 0 Å². The van der Waals surface area contributed by atoms with Gasteiger partial charge in [-0.05, 0) is 37.5 Å². The van der Waals surface area contributed by atoms with Crippen LogP contribution in [0.2, 0.25) is 0 Å². The Bertz CT molecular complexity index is 1200. The molecule has 0 unspecified atom stereocenters. The molecule has 9 heteroatoms. The number of aromatic nitrogens is 2. The molecule has 0 spiro atoms. The van der Waals surface area contributed by atoms with Crippen LogP contribution in [-0.2, 0) is 17.6 Å². The van der Waals surface area contributed by atoms with E-state index in [9.17, 15) is 14.9 Å². The molecular weight excluding hydrogens is 390 g/mol. The van der Waals surface area contributed by atoms with Crippen molar-refractivity contribution in [1.29, 1.82) is 0 Å². The monoisotopic (exact) mass is 407 g/mol. The Morgan fingerprint density at radius 2 is 2.03 bits per heavy atom. The minimum Gasteiger partial charge on any atom is -0.461 e. The quantitative estimate of drug-likeness (QED) is 0.370. The number of aryl methyl sites for hydroxylation is 1. The molecule has 0 bridgehead atoms.